The van der Waals surface area contributed by atoms with Crippen molar-refractivity contribution in [3.63, 3.8) is 0 Å². The number of rotatable bonds is 30. The molecule has 0 saturated carbocycles. The van der Waals surface area contributed by atoms with Crippen LogP contribution in [-0.4, -0.2) is 109 Å². The van der Waals surface area contributed by atoms with Crippen molar-refractivity contribution < 1.29 is 52.5 Å². The van der Waals surface area contributed by atoms with E-state index in [-0.39, 0.29) is 56.6 Å². The molecule has 16 nitrogen and oxygen atoms in total. The molecule has 0 bridgehead atoms. The number of nitrogens with zero attached hydrogens (tertiary/aromatic N) is 1. The van der Waals surface area contributed by atoms with Gasteiger partial charge in [-0.05, 0) is 79.8 Å². The Labute approximate surface area is 416 Å². The van der Waals surface area contributed by atoms with E-state index >= 15 is 0 Å². The minimum Gasteiger partial charge on any atom is -0.485 e. The summed E-state index contributed by atoms with van der Waals surface area (Å²) in [5, 5.41) is 11.4. The maximum atomic E-state index is 14.2. The summed E-state index contributed by atoms with van der Waals surface area (Å²) in [5.74, 6) is -2.39. The van der Waals surface area contributed by atoms with Gasteiger partial charge >= 0.3 is 5.97 Å². The van der Waals surface area contributed by atoms with Crippen LogP contribution in [0.5, 0.6) is 11.5 Å². The molecule has 71 heavy (non-hydrogen) atoms. The fraction of sp³-hybridized carbons (Fsp3) is 0.436. The van der Waals surface area contributed by atoms with Crippen LogP contribution in [0.25, 0.3) is 0 Å². The van der Waals surface area contributed by atoms with Crippen molar-refractivity contribution in [1.82, 2.24) is 26.2 Å². The first-order valence-corrected chi connectivity index (χ1v) is 24.3. The Morgan fingerprint density at radius 2 is 1.37 bits per heavy atom. The van der Waals surface area contributed by atoms with Gasteiger partial charge in [0.1, 0.15) is 36.6 Å². The molecule has 5 atom stereocenters. The molecule has 1 fully saturated rings. The molecule has 0 spiro atoms. The number of carbonyl (C=O) groups excluding carboxylic acids is 7. The minimum absolute atomic E-state index is 0.0786. The highest BCUT2D eigenvalue weighted by Crippen LogP contribution is 2.31. The quantitative estimate of drug-likeness (QED) is 0.0169. The molecule has 4 aromatic carbocycles. The average Bonchev–Trinajstić information content (AvgIpc) is 4.11. The van der Waals surface area contributed by atoms with Gasteiger partial charge < -0.3 is 40.2 Å². The van der Waals surface area contributed by atoms with Gasteiger partial charge in [-0.25, -0.2) is 0 Å². The Kier molecular flexibility index (Phi) is 21.4. The van der Waals surface area contributed by atoms with Crippen molar-refractivity contribution in [2.24, 2.45) is 5.92 Å². The molecule has 4 aromatic rings. The number of epoxide rings is 1. The number of Topliss-reactive ketones (excluding diaryl/α,β-unsaturated/α-hetero) is 1. The van der Waals surface area contributed by atoms with Gasteiger partial charge in [0.25, 0.3) is 0 Å². The van der Waals surface area contributed by atoms with Crippen LogP contribution in [0.1, 0.15) is 93.4 Å². The summed E-state index contributed by atoms with van der Waals surface area (Å²) in [5.41, 5.74) is 2.80. The number of ketones is 1. The zero-order valence-corrected chi connectivity index (χ0v) is 41.7. The standard InChI is InChI=1S/C55H69N5O11/c1-7-27-68-28-26-60(32-44-23-25-48(71-39(5)62)49(31-44)69-35-43-20-18-42(34-61)19-21-43)33-50(63)57-45(24-22-40-14-10-8-11-15-40)53(66)56-38(4)52(65)59-47(30-41-16-12-9-13-17-41)54(67)58-46(29-37(2)3)51(64)55(6)36-70-55/h8-21,23,25,31,34,37-38,45-47H,7,22,24,26-30,32-33,35-36H2,1-6H3,(H,56,66)(H,57,63)(H,58,67)(H,59,65)/t38-,45-,46-,47-,55+/m0/s1. The number of aryl methyl sites for hydroxylation is 1. The number of carbonyl (C=O) groups is 7. The van der Waals surface area contributed by atoms with Gasteiger partial charge in [0, 0.05) is 38.6 Å². The SMILES string of the molecule is CCCOCCN(CC(=O)N[C@@H](CCc1ccccc1)C(=O)N[C@@H](C)C(=O)N[C@@H](Cc1ccccc1)C(=O)N[C@@H](CC(C)C)C(=O)[C@@]1(C)CO1)Cc1ccc(OC(C)=O)c(OCc2ccc(C=O)cc2)c1. The van der Waals surface area contributed by atoms with Crippen LogP contribution in [-0.2, 0) is 64.2 Å². The molecule has 1 aliphatic rings. The smallest absolute Gasteiger partial charge is 0.308 e. The molecule has 5 rings (SSSR count). The largest absolute Gasteiger partial charge is 0.485 e. The van der Waals surface area contributed by atoms with E-state index in [0.717, 1.165) is 35.0 Å². The van der Waals surface area contributed by atoms with Gasteiger partial charge in [-0.15, -0.1) is 0 Å². The minimum atomic E-state index is -1.13. The number of nitrogens with one attached hydrogen (secondary N) is 4. The van der Waals surface area contributed by atoms with Crippen LogP contribution in [0.3, 0.4) is 0 Å². The molecule has 1 heterocycles. The Morgan fingerprint density at radius 1 is 0.732 bits per heavy atom. The van der Waals surface area contributed by atoms with E-state index in [4.69, 9.17) is 18.9 Å². The molecule has 1 aliphatic heterocycles. The fourth-order valence-corrected chi connectivity index (χ4v) is 7.77. The van der Waals surface area contributed by atoms with Crippen LogP contribution in [0, 0.1) is 5.92 Å². The van der Waals surface area contributed by atoms with Crippen molar-refractivity contribution in [3.8, 4) is 11.5 Å². The lowest BCUT2D eigenvalue weighted by Gasteiger charge is -2.27. The maximum absolute atomic E-state index is 14.2. The highest BCUT2D eigenvalue weighted by molar-refractivity contribution is 5.98. The van der Waals surface area contributed by atoms with E-state index < -0.39 is 59.4 Å². The normalized spacial score (nSPS) is 15.7. The first kappa shape index (κ1) is 55.2. The third-order valence-corrected chi connectivity index (χ3v) is 11.8. The van der Waals surface area contributed by atoms with E-state index in [1.807, 2.05) is 86.3 Å². The number of hydrogen-bond acceptors (Lipinski definition) is 12. The molecule has 0 radical (unpaired) electrons. The Balaban J connectivity index is 1.30. The van der Waals surface area contributed by atoms with Gasteiger partial charge in [-0.1, -0.05) is 112 Å². The van der Waals surface area contributed by atoms with Gasteiger partial charge in [0.2, 0.25) is 23.6 Å². The second-order valence-electron chi connectivity index (χ2n) is 18.5. The number of hydrogen-bond donors (Lipinski definition) is 4. The lowest BCUT2D eigenvalue weighted by molar-refractivity contribution is -0.135. The van der Waals surface area contributed by atoms with Crippen LogP contribution < -0.4 is 30.7 Å². The zero-order valence-electron chi connectivity index (χ0n) is 41.7. The number of aldehydes is 1. The summed E-state index contributed by atoms with van der Waals surface area (Å²) >= 11 is 0. The summed E-state index contributed by atoms with van der Waals surface area (Å²) in [6.45, 7) is 12.1. The average molecular weight is 976 g/mol. The zero-order chi connectivity index (χ0) is 51.3. The fourth-order valence-electron chi connectivity index (χ4n) is 7.77. The maximum Gasteiger partial charge on any atom is 0.308 e. The summed E-state index contributed by atoms with van der Waals surface area (Å²) in [4.78, 5) is 94.6. The summed E-state index contributed by atoms with van der Waals surface area (Å²) in [6, 6.07) is 26.6. The van der Waals surface area contributed by atoms with E-state index in [1.165, 1.54) is 13.8 Å². The van der Waals surface area contributed by atoms with E-state index in [2.05, 4.69) is 21.3 Å². The molecular formula is C55H69N5O11. The van der Waals surface area contributed by atoms with E-state index in [0.29, 0.717) is 43.9 Å². The third kappa shape index (κ3) is 18.5. The Morgan fingerprint density at radius 3 is 1.99 bits per heavy atom. The van der Waals surface area contributed by atoms with Crippen LogP contribution >= 0.6 is 0 Å². The predicted octanol–water partition coefficient (Wildman–Crippen LogP) is 5.47. The van der Waals surface area contributed by atoms with Crippen molar-refractivity contribution in [2.75, 3.05) is 32.9 Å². The van der Waals surface area contributed by atoms with E-state index in [1.54, 1.807) is 49.4 Å². The summed E-state index contributed by atoms with van der Waals surface area (Å²) < 4.78 is 22.8. The first-order chi connectivity index (χ1) is 34.0. The van der Waals surface area contributed by atoms with Crippen molar-refractivity contribution in [3.05, 3.63) is 131 Å². The van der Waals surface area contributed by atoms with Gasteiger partial charge in [-0.2, -0.15) is 0 Å². The second-order valence-corrected chi connectivity index (χ2v) is 18.5. The molecule has 16 heteroatoms. The van der Waals surface area contributed by atoms with Gasteiger partial charge in [-0.3, -0.25) is 38.5 Å². The van der Waals surface area contributed by atoms with Crippen LogP contribution in [0.2, 0.25) is 0 Å². The van der Waals surface area contributed by atoms with Crippen molar-refractivity contribution >= 4 is 41.7 Å². The molecule has 0 unspecified atom stereocenters. The first-order valence-electron chi connectivity index (χ1n) is 24.3. The van der Waals surface area contributed by atoms with Crippen molar-refractivity contribution in [2.45, 2.75) is 117 Å². The van der Waals surface area contributed by atoms with Gasteiger partial charge in [0.15, 0.2) is 17.3 Å². The third-order valence-electron chi connectivity index (χ3n) is 11.8. The topological polar surface area (TPSA) is 211 Å². The number of ether oxygens (including phenoxy) is 4. The van der Waals surface area contributed by atoms with Crippen LogP contribution in [0.4, 0.5) is 0 Å². The van der Waals surface area contributed by atoms with Crippen molar-refractivity contribution in [1.29, 1.82) is 0 Å². The summed E-state index contributed by atoms with van der Waals surface area (Å²) in [6.07, 6.45) is 2.70. The van der Waals surface area contributed by atoms with E-state index in [9.17, 15) is 33.6 Å². The molecular weight excluding hydrogens is 907 g/mol. The van der Waals surface area contributed by atoms with Gasteiger partial charge in [0.05, 0.1) is 25.8 Å². The lowest BCUT2D eigenvalue weighted by atomic mass is 9.93. The molecule has 0 aliphatic carbocycles. The highest BCUT2D eigenvalue weighted by Gasteiger charge is 2.50. The number of benzene rings is 4. The molecule has 0 aromatic heterocycles. The Hall–Kier alpha value is -6.75. The molecule has 380 valence electrons. The molecule has 1 saturated heterocycles. The lowest BCUT2D eigenvalue weighted by Crippen LogP contribution is -2.58. The predicted molar refractivity (Wildman–Crippen MR) is 267 cm³/mol. The second kappa shape index (κ2) is 27.6. The number of esters is 1. The highest BCUT2D eigenvalue weighted by atomic mass is 16.6. The molecule has 4 N–H and O–H groups in total. The monoisotopic (exact) mass is 975 g/mol. The molecule has 4 amide bonds. The van der Waals surface area contributed by atoms with Crippen LogP contribution in [0.15, 0.2) is 103 Å². The Bertz CT molecular complexity index is 2390. The summed E-state index contributed by atoms with van der Waals surface area (Å²) in [7, 11) is 0. The number of amides is 4.